The van der Waals surface area contributed by atoms with Gasteiger partial charge in [-0.2, -0.15) is 21.6 Å². The molecule has 0 radical (unpaired) electrons. The SMILES string of the molecule is Cc1ccc(NC(=O)N(Cc2cccc(OS(=O)(=O)c3cccc(C(F)(F)F)c3)c2)Cc2ccco2)cc1. The number of hydrogen-bond acceptors (Lipinski definition) is 5. The quantitative estimate of drug-likeness (QED) is 0.252. The van der Waals surface area contributed by atoms with Gasteiger partial charge in [-0.15, -0.1) is 0 Å². The van der Waals surface area contributed by atoms with Gasteiger partial charge in [0, 0.05) is 12.2 Å². The maximum absolute atomic E-state index is 13.1. The average Bonchev–Trinajstić information content (AvgIpc) is 3.38. The third-order valence-electron chi connectivity index (χ3n) is 5.44. The van der Waals surface area contributed by atoms with Crippen LogP contribution >= 0.6 is 0 Å². The van der Waals surface area contributed by atoms with E-state index in [-0.39, 0.29) is 18.8 Å². The number of halogens is 3. The van der Waals surface area contributed by atoms with E-state index >= 15 is 0 Å². The summed E-state index contributed by atoms with van der Waals surface area (Å²) < 4.78 is 75.0. The lowest BCUT2D eigenvalue weighted by molar-refractivity contribution is -0.137. The Balaban J connectivity index is 1.53. The van der Waals surface area contributed by atoms with Gasteiger partial charge < -0.3 is 18.8 Å². The van der Waals surface area contributed by atoms with Crippen molar-refractivity contribution in [1.29, 1.82) is 0 Å². The molecular weight excluding hydrogens is 521 g/mol. The molecule has 0 bridgehead atoms. The average molecular weight is 545 g/mol. The summed E-state index contributed by atoms with van der Waals surface area (Å²) in [6, 6.07) is 19.5. The Bertz CT molecular complexity index is 1500. The maximum Gasteiger partial charge on any atom is 0.416 e. The summed E-state index contributed by atoms with van der Waals surface area (Å²) in [5.74, 6) is 0.417. The lowest BCUT2D eigenvalue weighted by atomic mass is 10.2. The van der Waals surface area contributed by atoms with Crippen LogP contribution in [0.15, 0.2) is 101 Å². The number of rotatable bonds is 8. The zero-order valence-corrected chi connectivity index (χ0v) is 20.9. The van der Waals surface area contributed by atoms with E-state index in [9.17, 15) is 26.4 Å². The summed E-state index contributed by atoms with van der Waals surface area (Å²) in [7, 11) is -4.55. The van der Waals surface area contributed by atoms with E-state index in [4.69, 9.17) is 8.60 Å². The van der Waals surface area contributed by atoms with Crippen molar-refractivity contribution in [3.63, 3.8) is 0 Å². The molecule has 198 valence electrons. The highest BCUT2D eigenvalue weighted by Crippen LogP contribution is 2.31. The molecule has 0 aliphatic heterocycles. The molecular formula is C27H23F3N2O5S. The Hall–Kier alpha value is -4.25. The maximum atomic E-state index is 13.1. The first kappa shape index (κ1) is 26.8. The number of nitrogens with one attached hydrogen (secondary N) is 1. The van der Waals surface area contributed by atoms with Crippen molar-refractivity contribution in [1.82, 2.24) is 4.90 Å². The Morgan fingerprint density at radius 1 is 0.947 bits per heavy atom. The Morgan fingerprint density at radius 2 is 1.68 bits per heavy atom. The van der Waals surface area contributed by atoms with Crippen LogP contribution in [0, 0.1) is 6.92 Å². The fourth-order valence-electron chi connectivity index (χ4n) is 3.55. The summed E-state index contributed by atoms with van der Waals surface area (Å²) in [5.41, 5.74) is 1.04. The Labute approximate surface area is 217 Å². The van der Waals surface area contributed by atoms with Crippen molar-refractivity contribution in [2.45, 2.75) is 31.1 Å². The molecule has 11 heteroatoms. The van der Waals surface area contributed by atoms with E-state index in [2.05, 4.69) is 5.32 Å². The van der Waals surface area contributed by atoms with E-state index in [0.29, 0.717) is 23.1 Å². The molecule has 7 nitrogen and oxygen atoms in total. The van der Waals surface area contributed by atoms with Gasteiger partial charge in [-0.1, -0.05) is 35.9 Å². The molecule has 1 N–H and O–H groups in total. The van der Waals surface area contributed by atoms with Crippen LogP contribution in [-0.2, 0) is 29.4 Å². The Kier molecular flexibility index (Phi) is 7.77. The molecule has 0 atom stereocenters. The van der Waals surface area contributed by atoms with Crippen molar-refractivity contribution in [3.8, 4) is 5.75 Å². The van der Waals surface area contributed by atoms with Gasteiger partial charge >= 0.3 is 22.3 Å². The molecule has 0 saturated heterocycles. The second-order valence-electron chi connectivity index (χ2n) is 8.44. The van der Waals surface area contributed by atoms with E-state index in [1.807, 2.05) is 19.1 Å². The van der Waals surface area contributed by atoms with E-state index in [1.165, 1.54) is 29.4 Å². The van der Waals surface area contributed by atoms with Crippen LogP contribution in [-0.4, -0.2) is 19.3 Å². The molecule has 1 aromatic heterocycles. The standard InChI is InChI=1S/C27H23F3N2O5S/c1-19-10-12-22(13-11-19)31-26(33)32(18-24-8-4-14-36-24)17-20-5-2-7-23(15-20)37-38(34,35)25-9-3-6-21(16-25)27(28,29)30/h2-16H,17-18H2,1H3,(H,31,33). The summed E-state index contributed by atoms with van der Waals surface area (Å²) >= 11 is 0. The molecule has 0 fully saturated rings. The monoisotopic (exact) mass is 544 g/mol. The van der Waals surface area contributed by atoms with Crippen LogP contribution in [0.1, 0.15) is 22.5 Å². The number of hydrogen-bond donors (Lipinski definition) is 1. The largest absolute Gasteiger partial charge is 0.467 e. The summed E-state index contributed by atoms with van der Waals surface area (Å²) in [5, 5.41) is 2.82. The Morgan fingerprint density at radius 3 is 2.37 bits per heavy atom. The first-order chi connectivity index (χ1) is 18.0. The fraction of sp³-hybridized carbons (Fsp3) is 0.148. The van der Waals surface area contributed by atoms with Crippen LogP contribution < -0.4 is 9.50 Å². The lowest BCUT2D eigenvalue weighted by Crippen LogP contribution is -2.34. The second-order valence-corrected chi connectivity index (χ2v) is 9.99. The van der Waals surface area contributed by atoms with Gasteiger partial charge in [-0.3, -0.25) is 0 Å². The minimum Gasteiger partial charge on any atom is -0.467 e. The minimum absolute atomic E-state index is 0.0548. The first-order valence-electron chi connectivity index (χ1n) is 11.4. The second kappa shape index (κ2) is 11.0. The van der Waals surface area contributed by atoms with Crippen molar-refractivity contribution in [2.24, 2.45) is 0 Å². The molecule has 4 rings (SSSR count). The number of anilines is 1. The third kappa shape index (κ3) is 6.94. The van der Waals surface area contributed by atoms with Crippen molar-refractivity contribution < 1.29 is 35.0 Å². The number of benzene rings is 3. The molecule has 0 unspecified atom stereocenters. The molecule has 3 aromatic carbocycles. The molecule has 1 heterocycles. The van der Waals surface area contributed by atoms with Gasteiger partial charge in [0.2, 0.25) is 0 Å². The number of urea groups is 1. The van der Waals surface area contributed by atoms with Gasteiger partial charge in [-0.05, 0) is 67.1 Å². The van der Waals surface area contributed by atoms with E-state index in [0.717, 1.165) is 23.8 Å². The van der Waals surface area contributed by atoms with Crippen LogP contribution in [0.4, 0.5) is 23.7 Å². The molecule has 0 aliphatic rings. The van der Waals surface area contributed by atoms with Gasteiger partial charge in [0.05, 0.1) is 18.4 Å². The molecule has 2 amide bonds. The van der Waals surface area contributed by atoms with Gasteiger partial charge in [0.1, 0.15) is 16.4 Å². The summed E-state index contributed by atoms with van der Waals surface area (Å²) in [4.78, 5) is 13.9. The number of alkyl halides is 3. The number of nitrogens with zero attached hydrogens (tertiary/aromatic N) is 1. The number of carbonyl (C=O) groups excluding carboxylic acids is 1. The summed E-state index contributed by atoms with van der Waals surface area (Å²) in [6.45, 7) is 2.11. The van der Waals surface area contributed by atoms with Crippen LogP contribution in [0.3, 0.4) is 0 Å². The van der Waals surface area contributed by atoms with Gasteiger partial charge in [-0.25, -0.2) is 4.79 Å². The van der Waals surface area contributed by atoms with Crippen LogP contribution in [0.25, 0.3) is 0 Å². The number of carbonyl (C=O) groups is 1. The molecule has 0 aliphatic carbocycles. The predicted octanol–water partition coefficient (Wildman–Crippen LogP) is 6.61. The number of amides is 2. The third-order valence-corrected chi connectivity index (χ3v) is 6.69. The van der Waals surface area contributed by atoms with Crippen molar-refractivity contribution >= 4 is 21.8 Å². The lowest BCUT2D eigenvalue weighted by Gasteiger charge is -2.22. The van der Waals surface area contributed by atoms with Crippen molar-refractivity contribution in [2.75, 3.05) is 5.32 Å². The zero-order chi connectivity index (χ0) is 27.3. The number of furan rings is 1. The highest BCUT2D eigenvalue weighted by Gasteiger charge is 2.32. The van der Waals surface area contributed by atoms with Crippen LogP contribution in [0.2, 0.25) is 0 Å². The fourth-order valence-corrected chi connectivity index (χ4v) is 4.52. The molecule has 38 heavy (non-hydrogen) atoms. The molecule has 0 spiro atoms. The molecule has 0 saturated carbocycles. The smallest absolute Gasteiger partial charge is 0.416 e. The van der Waals surface area contributed by atoms with Gasteiger partial charge in [0.25, 0.3) is 0 Å². The molecule has 4 aromatic rings. The topological polar surface area (TPSA) is 88.9 Å². The highest BCUT2D eigenvalue weighted by molar-refractivity contribution is 7.87. The predicted molar refractivity (Wildman–Crippen MR) is 134 cm³/mol. The van der Waals surface area contributed by atoms with E-state index in [1.54, 1.807) is 30.3 Å². The highest BCUT2D eigenvalue weighted by atomic mass is 32.2. The zero-order valence-electron chi connectivity index (χ0n) is 20.1. The van der Waals surface area contributed by atoms with Crippen molar-refractivity contribution in [3.05, 3.63) is 114 Å². The minimum atomic E-state index is -4.71. The normalized spacial score (nSPS) is 11.7. The summed E-state index contributed by atoms with van der Waals surface area (Å²) in [6.07, 6.45) is -3.22. The van der Waals surface area contributed by atoms with Gasteiger partial charge in [0.15, 0.2) is 0 Å². The first-order valence-corrected chi connectivity index (χ1v) is 12.8. The number of aryl methyl sites for hydroxylation is 1. The van der Waals surface area contributed by atoms with E-state index < -0.39 is 32.8 Å². The van der Waals surface area contributed by atoms with Crippen LogP contribution in [0.5, 0.6) is 5.75 Å².